The number of amides is 3. The molecule has 4 rings (SSSR count). The number of benzene rings is 4. The largest absolute Gasteiger partial charge is 0.508 e. The average Bonchev–Trinajstić information content (AvgIpc) is 3.09. The van der Waals surface area contributed by atoms with Gasteiger partial charge >= 0.3 is 0 Å². The summed E-state index contributed by atoms with van der Waals surface area (Å²) in [4.78, 5) is 55.2. The molecule has 12 heteroatoms. The number of guanidine groups is 1. The lowest BCUT2D eigenvalue weighted by Gasteiger charge is -2.29. The third-order valence-electron chi connectivity index (χ3n) is 8.32. The van der Waals surface area contributed by atoms with Crippen LogP contribution in [0.4, 0.5) is 0 Å². The number of hydrogen-bond donors (Lipinski definition) is 7. The first-order valence-electron chi connectivity index (χ1n) is 16.7. The van der Waals surface area contributed by atoms with Crippen LogP contribution >= 0.6 is 8.15 Å². The smallest absolute Gasteiger partial charge is 0.243 e. The van der Waals surface area contributed by atoms with Gasteiger partial charge in [0.2, 0.25) is 17.7 Å². The Morgan fingerprint density at radius 1 is 0.800 bits per heavy atom. The Balaban J connectivity index is 1.48. The molecule has 11 nitrogen and oxygen atoms in total. The normalized spacial score (nSPS) is 13.4. The number of nitrogens with one attached hydrogen (secondary N) is 3. The van der Waals surface area contributed by atoms with Crippen LogP contribution in [-0.4, -0.2) is 64.8 Å². The molecule has 0 saturated carbocycles. The number of aromatic hydroxyl groups is 1. The molecule has 50 heavy (non-hydrogen) atoms. The molecular weight excluding hydrogens is 651 g/mol. The van der Waals surface area contributed by atoms with Gasteiger partial charge in [0.05, 0.1) is 5.78 Å². The highest BCUT2D eigenvalue weighted by atomic mass is 31.1. The first kappa shape index (κ1) is 37.8. The van der Waals surface area contributed by atoms with Gasteiger partial charge in [0, 0.05) is 46.7 Å². The third kappa shape index (κ3) is 12.5. The number of phenolic OH excluding ortho intramolecular Hbond substituents is 1. The molecule has 0 aliphatic rings. The number of carbonyl (C=O) groups excluding carboxylic acids is 3. The van der Waals surface area contributed by atoms with Crippen LogP contribution in [0.3, 0.4) is 0 Å². The second-order valence-electron chi connectivity index (χ2n) is 12.3. The zero-order chi connectivity index (χ0) is 35.9. The standard InChI is InChI=1S/C38H47N6O5P/c1-26(45)43-34(23-28-14-17-33(46)18-15-28)37(48)44-35(24-27-8-3-2-4-9-27)50(49)25-32(12-7-20-42-38(39)40)36(47)41-21-19-29-13-16-30-10-5-6-11-31(30)22-29/h2-6,8-11,13-18,22,32,34-35,46,49H,7,12,19-21,23-25H2,1H3,(H,41,47)(H,43,45)(H,44,48)(H4,39,40,42)/t32-,34+,35+,50?/m1/s1. The molecule has 1 unspecified atom stereocenters. The third-order valence-corrected chi connectivity index (χ3v) is 10.2. The lowest BCUT2D eigenvalue weighted by molar-refractivity contribution is -0.128. The molecule has 4 aromatic carbocycles. The molecule has 0 heterocycles. The summed E-state index contributed by atoms with van der Waals surface area (Å²) in [6, 6.07) is 29.3. The predicted molar refractivity (Wildman–Crippen MR) is 200 cm³/mol. The lowest BCUT2D eigenvalue weighted by atomic mass is 10.0. The van der Waals surface area contributed by atoms with E-state index < -0.39 is 31.8 Å². The average molecular weight is 699 g/mol. The topological polar surface area (TPSA) is 192 Å². The van der Waals surface area contributed by atoms with Gasteiger partial charge in [0.25, 0.3) is 0 Å². The molecule has 0 spiro atoms. The molecule has 9 N–H and O–H groups in total. The lowest BCUT2D eigenvalue weighted by Crippen LogP contribution is -2.50. The highest BCUT2D eigenvalue weighted by Gasteiger charge is 2.31. The van der Waals surface area contributed by atoms with Gasteiger partial charge in [-0.25, -0.2) is 0 Å². The maximum Gasteiger partial charge on any atom is 0.243 e. The molecule has 264 valence electrons. The minimum atomic E-state index is -1.92. The van der Waals surface area contributed by atoms with Gasteiger partial charge in [-0.15, -0.1) is 0 Å². The van der Waals surface area contributed by atoms with E-state index in [-0.39, 0.29) is 36.1 Å². The molecular formula is C38H47N6O5P. The zero-order valence-corrected chi connectivity index (χ0v) is 29.2. The molecule has 0 aliphatic heterocycles. The first-order chi connectivity index (χ1) is 24.1. The quantitative estimate of drug-likeness (QED) is 0.0357. The van der Waals surface area contributed by atoms with Crippen LogP contribution in [0.15, 0.2) is 102 Å². The Morgan fingerprint density at radius 2 is 1.46 bits per heavy atom. The summed E-state index contributed by atoms with van der Waals surface area (Å²) in [6.07, 6.45) is 2.24. The fourth-order valence-corrected chi connectivity index (χ4v) is 7.48. The van der Waals surface area contributed by atoms with Crippen molar-refractivity contribution < 1.29 is 24.4 Å². The molecule has 0 bridgehead atoms. The number of rotatable bonds is 18. The Labute approximate surface area is 294 Å². The van der Waals surface area contributed by atoms with Crippen molar-refractivity contribution in [3.05, 3.63) is 114 Å². The van der Waals surface area contributed by atoms with Crippen LogP contribution in [0.25, 0.3) is 10.8 Å². The van der Waals surface area contributed by atoms with Crippen molar-refractivity contribution in [2.75, 3.05) is 19.3 Å². The van der Waals surface area contributed by atoms with Crippen molar-refractivity contribution in [1.29, 1.82) is 0 Å². The number of carbonyl (C=O) groups is 3. The van der Waals surface area contributed by atoms with Gasteiger partial charge in [-0.3, -0.25) is 19.4 Å². The summed E-state index contributed by atoms with van der Waals surface area (Å²) in [5, 5.41) is 20.7. The first-order valence-corrected chi connectivity index (χ1v) is 18.3. The number of nitrogens with two attached hydrogens (primary N) is 2. The van der Waals surface area contributed by atoms with Gasteiger partial charge in [-0.2, -0.15) is 0 Å². The van der Waals surface area contributed by atoms with Crippen LogP contribution in [0.2, 0.25) is 0 Å². The Hall–Kier alpha value is -4.99. The molecule has 4 aromatic rings. The molecule has 0 saturated heterocycles. The summed E-state index contributed by atoms with van der Waals surface area (Å²) >= 11 is 0. The van der Waals surface area contributed by atoms with Gasteiger partial charge in [-0.05, 0) is 65.3 Å². The second-order valence-corrected chi connectivity index (χ2v) is 14.2. The van der Waals surface area contributed by atoms with Crippen LogP contribution in [0.1, 0.15) is 36.5 Å². The summed E-state index contributed by atoms with van der Waals surface area (Å²) in [7, 11) is -1.92. The molecule has 0 aromatic heterocycles. The Bertz CT molecular complexity index is 1730. The molecule has 0 fully saturated rings. The SMILES string of the molecule is CC(=O)N[C@@H](Cc1ccc(O)cc1)C(=O)N[C@H](Cc1ccccc1)P(O)C[C@@H](CCCN=C(N)N)C(=O)NCCc1ccc2ccccc2c1. The van der Waals surface area contributed by atoms with E-state index in [1.165, 1.54) is 19.1 Å². The van der Waals surface area contributed by atoms with E-state index in [4.69, 9.17) is 11.5 Å². The molecule has 3 amide bonds. The number of aliphatic imine (C=N–C) groups is 1. The van der Waals surface area contributed by atoms with E-state index in [0.29, 0.717) is 38.8 Å². The van der Waals surface area contributed by atoms with Crippen LogP contribution in [-0.2, 0) is 33.6 Å². The van der Waals surface area contributed by atoms with Gasteiger partial charge < -0.3 is 37.4 Å². The van der Waals surface area contributed by atoms with Gasteiger partial charge in [0.1, 0.15) is 11.8 Å². The summed E-state index contributed by atoms with van der Waals surface area (Å²) < 4.78 is 0. The molecule has 0 aliphatic carbocycles. The summed E-state index contributed by atoms with van der Waals surface area (Å²) in [5.41, 5.74) is 13.8. The highest BCUT2D eigenvalue weighted by Crippen LogP contribution is 2.40. The molecule has 4 atom stereocenters. The van der Waals surface area contributed by atoms with E-state index in [1.807, 2.05) is 42.5 Å². The van der Waals surface area contributed by atoms with Crippen molar-refractivity contribution in [2.45, 2.75) is 50.9 Å². The van der Waals surface area contributed by atoms with Crippen molar-refractivity contribution in [1.82, 2.24) is 16.0 Å². The van der Waals surface area contributed by atoms with E-state index in [0.717, 1.165) is 27.5 Å². The maximum atomic E-state index is 13.7. The highest BCUT2D eigenvalue weighted by molar-refractivity contribution is 7.52. The van der Waals surface area contributed by atoms with E-state index in [2.05, 4.69) is 51.3 Å². The van der Waals surface area contributed by atoms with Crippen molar-refractivity contribution in [3.8, 4) is 5.75 Å². The van der Waals surface area contributed by atoms with E-state index >= 15 is 0 Å². The maximum absolute atomic E-state index is 13.7. The van der Waals surface area contributed by atoms with Crippen LogP contribution < -0.4 is 27.4 Å². The summed E-state index contributed by atoms with van der Waals surface area (Å²) in [5.74, 6) is -2.23. The van der Waals surface area contributed by atoms with Crippen LogP contribution in [0.5, 0.6) is 5.75 Å². The van der Waals surface area contributed by atoms with Gasteiger partial charge in [0.15, 0.2) is 5.96 Å². The minimum absolute atomic E-state index is 0.0301. The Kier molecular flexibility index (Phi) is 14.6. The number of hydrogen-bond acceptors (Lipinski definition) is 6. The van der Waals surface area contributed by atoms with Gasteiger partial charge in [-0.1, -0.05) is 84.9 Å². The summed E-state index contributed by atoms with van der Waals surface area (Å²) in [6.45, 7) is 2.10. The molecule has 0 radical (unpaired) electrons. The van der Waals surface area contributed by atoms with E-state index in [9.17, 15) is 24.4 Å². The van der Waals surface area contributed by atoms with E-state index in [1.54, 1.807) is 12.1 Å². The monoisotopic (exact) mass is 698 g/mol. The fourth-order valence-electron chi connectivity index (χ4n) is 5.73. The van der Waals surface area contributed by atoms with Crippen molar-refractivity contribution in [3.63, 3.8) is 0 Å². The Morgan fingerprint density at radius 3 is 2.16 bits per heavy atom. The predicted octanol–water partition coefficient (Wildman–Crippen LogP) is 3.70. The number of fused-ring (bicyclic) bond motifs is 1. The van der Waals surface area contributed by atoms with Crippen molar-refractivity contribution in [2.24, 2.45) is 22.4 Å². The van der Waals surface area contributed by atoms with Crippen molar-refractivity contribution >= 4 is 42.6 Å². The van der Waals surface area contributed by atoms with Crippen LogP contribution in [0, 0.1) is 5.92 Å². The second kappa shape index (κ2) is 19.3. The minimum Gasteiger partial charge on any atom is -0.508 e. The number of phenols is 1. The zero-order valence-electron chi connectivity index (χ0n) is 28.3. The fraction of sp³-hybridized carbons (Fsp3) is 0.316. The number of nitrogens with zero attached hydrogens (tertiary/aromatic N) is 1.